The molecule has 0 radical (unpaired) electrons. The van der Waals surface area contributed by atoms with Gasteiger partial charge in [-0.15, -0.1) is 0 Å². The molecule has 9 heteroatoms. The van der Waals surface area contributed by atoms with Crippen molar-refractivity contribution in [1.82, 2.24) is 24.6 Å². The first-order chi connectivity index (χ1) is 14.8. The van der Waals surface area contributed by atoms with Crippen LogP contribution in [-0.2, 0) is 18.9 Å². The molecule has 1 aliphatic rings. The van der Waals surface area contributed by atoms with Gasteiger partial charge in [0.15, 0.2) is 5.65 Å². The second kappa shape index (κ2) is 6.77. The number of amides is 1. The van der Waals surface area contributed by atoms with E-state index in [1.165, 1.54) is 6.07 Å². The summed E-state index contributed by atoms with van der Waals surface area (Å²) in [6, 6.07) is 8.89. The summed E-state index contributed by atoms with van der Waals surface area (Å²) in [5.74, 6) is -0.460. The summed E-state index contributed by atoms with van der Waals surface area (Å²) in [6.45, 7) is 2.06. The molecule has 5 rings (SSSR count). The Hall–Kier alpha value is -3.48. The van der Waals surface area contributed by atoms with E-state index in [-0.39, 0.29) is 18.3 Å². The van der Waals surface area contributed by atoms with Crippen molar-refractivity contribution in [1.29, 1.82) is 0 Å². The molecule has 1 amide bonds. The predicted octanol–water partition coefficient (Wildman–Crippen LogP) is 1.51. The van der Waals surface area contributed by atoms with Crippen molar-refractivity contribution in [3.05, 3.63) is 77.1 Å². The van der Waals surface area contributed by atoms with E-state index in [4.69, 9.17) is 0 Å². The average molecular weight is 411 g/mol. The lowest BCUT2D eigenvalue weighted by molar-refractivity contribution is 0.0729. The second-order valence-electron chi connectivity index (χ2n) is 8.50. The Balaban J connectivity index is 1.55. The highest BCUT2D eigenvalue weighted by Gasteiger charge is 2.43. The van der Waals surface area contributed by atoms with Crippen LogP contribution >= 0.6 is 0 Å². The molecule has 0 spiro atoms. The minimum Gasteiger partial charge on any atom is -0.339 e. The summed E-state index contributed by atoms with van der Waals surface area (Å²) >= 11 is 0. The summed E-state index contributed by atoms with van der Waals surface area (Å²) in [5, 5.41) is 4.59. The first-order valence-electron chi connectivity index (χ1n) is 10.1. The number of carbonyl (C=O) groups is 1. The molecule has 0 atom stereocenters. The van der Waals surface area contributed by atoms with Gasteiger partial charge in [0.2, 0.25) is 0 Å². The molecule has 3 aromatic heterocycles. The minimum absolute atomic E-state index is 0.123. The van der Waals surface area contributed by atoms with Gasteiger partial charge in [0, 0.05) is 48.5 Å². The van der Waals surface area contributed by atoms with Crippen molar-refractivity contribution < 1.29 is 9.18 Å². The SMILES string of the molecule is BC1(B)c2ncccc2C(=O)N1Cc1c(C)cc(-c2ccnc3nn(C)cc23)cc1F. The summed E-state index contributed by atoms with van der Waals surface area (Å²) in [5.41, 5.74) is 4.86. The van der Waals surface area contributed by atoms with E-state index in [2.05, 4.69) is 15.1 Å². The van der Waals surface area contributed by atoms with Crippen LogP contribution in [0.15, 0.2) is 48.9 Å². The summed E-state index contributed by atoms with van der Waals surface area (Å²) in [7, 11) is 5.73. The molecule has 1 aliphatic heterocycles. The Bertz CT molecular complexity index is 1340. The number of hydrogen-bond acceptors (Lipinski definition) is 4. The van der Waals surface area contributed by atoms with Crippen molar-refractivity contribution >= 4 is 32.6 Å². The molecule has 1 aromatic carbocycles. The van der Waals surface area contributed by atoms with Crippen molar-refractivity contribution in [2.24, 2.45) is 7.05 Å². The van der Waals surface area contributed by atoms with Crippen LogP contribution in [0.25, 0.3) is 22.2 Å². The van der Waals surface area contributed by atoms with E-state index in [1.54, 1.807) is 34.1 Å². The Kier molecular flexibility index (Phi) is 4.25. The number of hydrogen-bond donors (Lipinski definition) is 0. The normalized spacial score (nSPS) is 14.9. The Labute approximate surface area is 180 Å². The molecule has 0 N–H and O–H groups in total. The number of pyridine rings is 2. The first kappa shape index (κ1) is 19.5. The fourth-order valence-electron chi connectivity index (χ4n) is 4.44. The molecule has 0 fully saturated rings. The first-order valence-corrected chi connectivity index (χ1v) is 10.1. The zero-order valence-electron chi connectivity index (χ0n) is 17.8. The Morgan fingerprint density at radius 3 is 2.68 bits per heavy atom. The van der Waals surface area contributed by atoms with Crippen LogP contribution in [0.4, 0.5) is 4.39 Å². The van der Waals surface area contributed by atoms with Crippen molar-refractivity contribution in [3.8, 4) is 11.1 Å². The standard InChI is InChI=1S/C22H20B2FN5O/c1-12-8-13(14-5-7-27-20-17(14)10-29(2)28-20)9-18(25)16(12)11-30-21(31)15-4-3-6-26-19(15)22(30,23)24/h3-10H,11,23-24H2,1-2H3. The van der Waals surface area contributed by atoms with E-state index in [0.717, 1.165) is 27.8 Å². The number of carbonyl (C=O) groups excluding carboxylic acids is 1. The number of halogens is 1. The molecule has 31 heavy (non-hydrogen) atoms. The van der Waals surface area contributed by atoms with Crippen LogP contribution in [0, 0.1) is 12.7 Å². The third kappa shape index (κ3) is 2.95. The van der Waals surface area contributed by atoms with Crippen molar-refractivity contribution in [2.75, 3.05) is 0 Å². The molecule has 4 aromatic rings. The second-order valence-corrected chi connectivity index (χ2v) is 8.50. The van der Waals surface area contributed by atoms with Crippen LogP contribution in [0.1, 0.15) is 27.2 Å². The molecule has 152 valence electrons. The molecular formula is C22H20B2FN5O. The molecular weight excluding hydrogens is 391 g/mol. The lowest BCUT2D eigenvalue weighted by atomic mass is 9.59. The number of benzene rings is 1. The van der Waals surface area contributed by atoms with Crippen LogP contribution in [-0.4, -0.2) is 46.2 Å². The maximum atomic E-state index is 15.4. The number of aromatic nitrogens is 4. The van der Waals surface area contributed by atoms with Gasteiger partial charge in [0.05, 0.1) is 11.3 Å². The highest BCUT2D eigenvalue weighted by Crippen LogP contribution is 2.36. The maximum Gasteiger partial charge on any atom is 0.255 e. The van der Waals surface area contributed by atoms with Crippen molar-refractivity contribution in [2.45, 2.75) is 18.8 Å². The summed E-state index contributed by atoms with van der Waals surface area (Å²) in [6.07, 6.45) is 5.25. The van der Waals surface area contributed by atoms with E-state index in [1.807, 2.05) is 48.0 Å². The summed E-state index contributed by atoms with van der Waals surface area (Å²) < 4.78 is 17.1. The smallest absolute Gasteiger partial charge is 0.255 e. The summed E-state index contributed by atoms with van der Waals surface area (Å²) in [4.78, 5) is 23.4. The van der Waals surface area contributed by atoms with Gasteiger partial charge in [-0.2, -0.15) is 5.10 Å². The third-order valence-electron chi connectivity index (χ3n) is 6.12. The molecule has 0 saturated heterocycles. The van der Waals surface area contributed by atoms with Gasteiger partial charge >= 0.3 is 0 Å². The molecule has 6 nitrogen and oxygen atoms in total. The van der Waals surface area contributed by atoms with Crippen LogP contribution in [0.2, 0.25) is 0 Å². The van der Waals surface area contributed by atoms with Gasteiger partial charge in [-0.05, 0) is 47.9 Å². The van der Waals surface area contributed by atoms with E-state index >= 15 is 4.39 Å². The maximum absolute atomic E-state index is 15.4. The minimum atomic E-state index is -0.613. The van der Waals surface area contributed by atoms with Crippen LogP contribution in [0.3, 0.4) is 0 Å². The lowest BCUT2D eigenvalue weighted by Gasteiger charge is -2.33. The fourth-order valence-corrected chi connectivity index (χ4v) is 4.44. The van der Waals surface area contributed by atoms with E-state index in [0.29, 0.717) is 16.8 Å². The van der Waals surface area contributed by atoms with Crippen molar-refractivity contribution in [3.63, 3.8) is 0 Å². The van der Waals surface area contributed by atoms with Gasteiger partial charge in [-0.1, -0.05) is 6.07 Å². The van der Waals surface area contributed by atoms with E-state index in [9.17, 15) is 4.79 Å². The number of rotatable bonds is 3. The van der Waals surface area contributed by atoms with Crippen LogP contribution < -0.4 is 0 Å². The number of nitrogens with zero attached hydrogens (tertiary/aromatic N) is 5. The monoisotopic (exact) mass is 411 g/mol. The zero-order chi connectivity index (χ0) is 21.9. The molecule has 0 aliphatic carbocycles. The van der Waals surface area contributed by atoms with Crippen LogP contribution in [0.5, 0.6) is 0 Å². The highest BCUT2D eigenvalue weighted by molar-refractivity contribution is 6.42. The molecule has 4 heterocycles. The van der Waals surface area contributed by atoms with Gasteiger partial charge in [0.1, 0.15) is 21.5 Å². The highest BCUT2D eigenvalue weighted by atomic mass is 19.1. The number of aryl methyl sites for hydroxylation is 2. The van der Waals surface area contributed by atoms with Gasteiger partial charge < -0.3 is 4.90 Å². The molecule has 0 saturated carbocycles. The van der Waals surface area contributed by atoms with Gasteiger partial charge in [-0.25, -0.2) is 9.37 Å². The predicted molar refractivity (Wildman–Crippen MR) is 122 cm³/mol. The molecule has 0 bridgehead atoms. The number of fused-ring (bicyclic) bond motifs is 2. The fraction of sp³-hybridized carbons (Fsp3) is 0.182. The third-order valence-corrected chi connectivity index (χ3v) is 6.12. The average Bonchev–Trinajstić information content (AvgIpc) is 3.20. The van der Waals surface area contributed by atoms with E-state index < -0.39 is 5.34 Å². The largest absolute Gasteiger partial charge is 0.339 e. The molecule has 0 unspecified atom stereocenters. The topological polar surface area (TPSA) is 63.9 Å². The lowest BCUT2D eigenvalue weighted by Crippen LogP contribution is -2.45. The van der Waals surface area contributed by atoms with Gasteiger partial charge in [-0.3, -0.25) is 14.5 Å². The Morgan fingerprint density at radius 2 is 1.94 bits per heavy atom. The Morgan fingerprint density at radius 1 is 1.13 bits per heavy atom. The quantitative estimate of drug-likeness (QED) is 0.480. The van der Waals surface area contributed by atoms with Gasteiger partial charge in [0.25, 0.3) is 5.91 Å². The zero-order valence-corrected chi connectivity index (χ0v) is 17.8.